The summed E-state index contributed by atoms with van der Waals surface area (Å²) >= 11 is 0. The number of aryl methyl sites for hydroxylation is 1. The lowest BCUT2D eigenvalue weighted by molar-refractivity contribution is -0.572. The van der Waals surface area contributed by atoms with Crippen molar-refractivity contribution < 1.29 is 49.1 Å². The summed E-state index contributed by atoms with van der Waals surface area (Å²) in [4.78, 5) is 4.69. The van der Waals surface area contributed by atoms with Crippen LogP contribution in [0.2, 0.25) is 0 Å². The maximum atomic E-state index is 10.8. The lowest BCUT2D eigenvalue weighted by atomic mass is 9.86. The van der Waals surface area contributed by atoms with Gasteiger partial charge in [-0.15, -0.1) is 0 Å². The lowest BCUT2D eigenvalue weighted by Gasteiger charge is -2.34. The summed E-state index contributed by atoms with van der Waals surface area (Å²) < 4.78 is 279. The van der Waals surface area contributed by atoms with Crippen LogP contribution in [0.1, 0.15) is 71.7 Å². The molecule has 3 aromatic heterocycles. The third kappa shape index (κ3) is 8.70. The van der Waals surface area contributed by atoms with Gasteiger partial charge in [0.1, 0.15) is 17.3 Å². The normalized spacial score (nSPS) is 17.5. The average Bonchev–Trinajstić information content (AvgIpc) is 1.14. The molecule has 376 valence electrons. The van der Waals surface area contributed by atoms with Gasteiger partial charge in [0, 0.05) is 35.5 Å². The highest BCUT2D eigenvalue weighted by Crippen LogP contribution is 2.37. The van der Waals surface area contributed by atoms with E-state index in [1.54, 1.807) is 109 Å². The van der Waals surface area contributed by atoms with Crippen molar-refractivity contribution in [1.29, 1.82) is 0 Å². The molecule has 0 radical (unpaired) electrons. The SMILES string of the molecule is [2H]c1c([2H])c([2H])c(-c2cnc(-n3c4ccccc4c4ccc(Oc5cccc(-n6[c-][n+](-c7c(-c8c([2H])c([2H])c([2H])c([Si](c9c([2H])c([2H])c([2H])c([2H])c9[2H])(c9c([2H])c([2H])c([2H])c([2H])c9[2H])c9c([2H])c([2H])c([2H])c([2H])c9[2H])c8[2H])cccc7C([2H])([2H])C(C)(C)C)c7ccccc76)c5)cc43)cc2C([2H])([2H])[2H])c([2H])c1[2H]. The lowest BCUT2D eigenvalue weighted by Crippen LogP contribution is -2.74. The maximum Gasteiger partial charge on any atom is 0.269 e. The highest BCUT2D eigenvalue weighted by molar-refractivity contribution is 7.19. The van der Waals surface area contributed by atoms with Crippen LogP contribution < -0.4 is 30.1 Å². The topological polar surface area (TPSA) is 35.9 Å². The molecule has 0 unspecified atom stereocenters. The molecule has 0 bridgehead atoms. The first-order valence-corrected chi connectivity index (χ1v) is 26.5. The molecule has 0 aliphatic rings. The smallest absolute Gasteiger partial charge is 0.269 e. The van der Waals surface area contributed by atoms with Crippen molar-refractivity contribution in [2.45, 2.75) is 34.0 Å². The predicted octanol–water partition coefficient (Wildman–Crippen LogP) is 14.6. The van der Waals surface area contributed by atoms with Crippen molar-refractivity contribution in [3.05, 3.63) is 284 Å². The Morgan fingerprint density at radius 2 is 1.19 bits per heavy atom. The summed E-state index contributed by atoms with van der Waals surface area (Å²) in [5.41, 5.74) is -1.23. The van der Waals surface area contributed by atoms with Gasteiger partial charge < -0.3 is 4.74 Å². The van der Waals surface area contributed by atoms with Crippen molar-refractivity contribution in [3.63, 3.8) is 0 Å². The van der Waals surface area contributed by atoms with Gasteiger partial charge in [-0.2, -0.15) is 0 Å². The van der Waals surface area contributed by atoms with Crippen LogP contribution in [0.3, 0.4) is 0 Å². The molecule has 0 amide bonds. The van der Waals surface area contributed by atoms with Crippen molar-refractivity contribution in [2.75, 3.05) is 0 Å². The fraction of sp³-hybridized carbons (Fsp3) is 0.0833. The summed E-state index contributed by atoms with van der Waals surface area (Å²) in [7, 11) is -6.32. The fourth-order valence-corrected chi connectivity index (χ4v) is 13.4. The first-order valence-electron chi connectivity index (χ1n) is 39.0. The van der Waals surface area contributed by atoms with Crippen LogP contribution in [0.5, 0.6) is 11.5 Å². The summed E-state index contributed by atoms with van der Waals surface area (Å²) in [5, 5.41) is -2.67. The molecule has 13 rings (SSSR count). The minimum absolute atomic E-state index is 0.109. The van der Waals surface area contributed by atoms with E-state index in [1.807, 2.05) is 12.1 Å². The summed E-state index contributed by atoms with van der Waals surface area (Å²) in [6, 6.07) is 7.10. The second kappa shape index (κ2) is 20.0. The maximum absolute atomic E-state index is 10.8. The number of imidazole rings is 1. The number of nitrogens with zero attached hydrogens (tertiary/aromatic N) is 4. The summed E-state index contributed by atoms with van der Waals surface area (Å²) in [6.07, 6.45) is 2.12. The Balaban J connectivity index is 1.05. The van der Waals surface area contributed by atoms with Crippen LogP contribution in [0, 0.1) is 18.6 Å². The van der Waals surface area contributed by atoms with Gasteiger partial charge in [0.05, 0.1) is 66.3 Å². The Kier molecular flexibility index (Phi) is 6.69. The van der Waals surface area contributed by atoms with Gasteiger partial charge in [-0.25, -0.2) is 4.98 Å². The van der Waals surface area contributed by atoms with Crippen LogP contribution in [-0.2, 0) is 6.37 Å². The molecule has 0 fully saturated rings. The summed E-state index contributed by atoms with van der Waals surface area (Å²) in [6.45, 7) is 1.97. The quantitative estimate of drug-likeness (QED) is 0.0529. The standard InChI is InChI=1S/C72H58N4OSi/c1-51-44-70(73-49-65(51)52-24-9-5-10-25-52)76-66-39-18-17-37-63(66)64-43-42-57(47-69(64)76)77-56-29-23-28-55(46-56)74-50-75(68-41-20-19-40-67(68)74)71-54(48-72(2,3)4)27-22-38-62(71)53-26-21-36-61(45-53)78(58-30-11-6-12-31-58,59-32-13-7-14-33-59)60-34-15-8-16-35-60/h5-47,49H,48H2,1-4H3/i1D3,5D,6D,7D,8D,9D,10D,11D,12D,13D,14D,15D,16D,21D,24D,25D,26D,30D,31D,32D,33D,34D,35D,36D,45D,48D2. The van der Waals surface area contributed by atoms with E-state index < -0.39 is 198 Å². The largest absolute Gasteiger partial charge is 0.458 e. The molecule has 5 nitrogen and oxygen atoms in total. The monoisotopic (exact) mass is 1050 g/mol. The highest BCUT2D eigenvalue weighted by Gasteiger charge is 2.41. The van der Waals surface area contributed by atoms with E-state index in [4.69, 9.17) is 28.0 Å². The zero-order valence-corrected chi connectivity index (χ0v) is 42.7. The third-order valence-corrected chi connectivity index (χ3v) is 17.1. The second-order valence-corrected chi connectivity index (χ2v) is 22.6. The minimum Gasteiger partial charge on any atom is -0.458 e. The Morgan fingerprint density at radius 1 is 0.577 bits per heavy atom. The number of hydrogen-bond donors (Lipinski definition) is 0. The zero-order valence-electron chi connectivity index (χ0n) is 70.7. The summed E-state index contributed by atoms with van der Waals surface area (Å²) in [5.74, 6) is 0.621. The van der Waals surface area contributed by atoms with Crippen LogP contribution >= 0.6 is 0 Å². The minimum atomic E-state index is -6.32. The van der Waals surface area contributed by atoms with Gasteiger partial charge in [-0.3, -0.25) is 13.7 Å². The van der Waals surface area contributed by atoms with Gasteiger partial charge in [0.15, 0.2) is 8.07 Å². The van der Waals surface area contributed by atoms with E-state index in [-0.39, 0.29) is 56.3 Å². The molecule has 0 saturated heterocycles. The van der Waals surface area contributed by atoms with E-state index in [0.29, 0.717) is 27.6 Å². The van der Waals surface area contributed by atoms with E-state index in [1.165, 1.54) is 35.0 Å². The number of benzene rings is 10. The number of para-hydroxylation sites is 4. The molecule has 13 aromatic rings. The molecule has 0 N–H and O–H groups in total. The first-order chi connectivity index (χ1) is 50.2. The molecule has 78 heavy (non-hydrogen) atoms. The molecule has 6 heteroatoms. The van der Waals surface area contributed by atoms with E-state index >= 15 is 0 Å². The highest BCUT2D eigenvalue weighted by atomic mass is 28.3. The van der Waals surface area contributed by atoms with Crippen molar-refractivity contribution in [3.8, 4) is 50.9 Å². The molecule has 0 aliphatic heterocycles. The van der Waals surface area contributed by atoms with Crippen molar-refractivity contribution >= 4 is 61.7 Å². The van der Waals surface area contributed by atoms with Crippen LogP contribution in [0.4, 0.5) is 0 Å². The predicted molar refractivity (Wildman–Crippen MR) is 325 cm³/mol. The van der Waals surface area contributed by atoms with Gasteiger partial charge >= 0.3 is 0 Å². The van der Waals surface area contributed by atoms with Gasteiger partial charge in [0.2, 0.25) is 0 Å². The zero-order chi connectivity index (χ0) is 78.0. The Labute approximate surface area is 498 Å². The Morgan fingerprint density at radius 3 is 1.90 bits per heavy atom. The third-order valence-electron chi connectivity index (χ3n) is 13.1. The average molecular weight is 1050 g/mol. The number of hydrogen-bond acceptors (Lipinski definition) is 2. The van der Waals surface area contributed by atoms with Crippen LogP contribution in [0.15, 0.2) is 266 Å². The van der Waals surface area contributed by atoms with Crippen LogP contribution in [0.25, 0.3) is 72.3 Å². The molecule has 3 heterocycles. The Bertz CT molecular complexity index is 5740. The molecule has 0 spiro atoms. The number of fused-ring (bicyclic) bond motifs is 4. The van der Waals surface area contributed by atoms with Crippen molar-refractivity contribution in [1.82, 2.24) is 14.1 Å². The molecule has 0 saturated carbocycles. The first kappa shape index (κ1) is 26.1. The van der Waals surface area contributed by atoms with Gasteiger partial charge in [-0.1, -0.05) is 233 Å². The van der Waals surface area contributed by atoms with Gasteiger partial charge in [0.25, 0.3) is 6.33 Å². The number of rotatable bonds is 12. The van der Waals surface area contributed by atoms with Crippen molar-refractivity contribution in [2.24, 2.45) is 5.41 Å². The molecular weight excluding hydrogens is 965 g/mol. The number of ether oxygens (including phenoxy) is 1. The number of pyridine rings is 1. The molecular formula is C72H58N4OSi. The fourth-order valence-electron chi connectivity index (χ4n) is 9.87. The Hall–Kier alpha value is -9.36. The van der Waals surface area contributed by atoms with E-state index in [0.717, 1.165) is 5.39 Å². The molecule has 0 atom stereocenters. The van der Waals surface area contributed by atoms with Gasteiger partial charge in [-0.05, 0) is 110 Å². The van der Waals surface area contributed by atoms with Crippen LogP contribution in [-0.4, -0.2) is 22.2 Å². The molecule has 10 aromatic carbocycles. The van der Waals surface area contributed by atoms with E-state index in [2.05, 4.69) is 11.3 Å². The second-order valence-electron chi connectivity index (χ2n) is 19.1. The molecule has 0 aliphatic carbocycles. The number of aromatic nitrogens is 4. The van der Waals surface area contributed by atoms with E-state index in [9.17, 15) is 16.4 Å².